The Morgan fingerprint density at radius 1 is 1.62 bits per heavy atom. The summed E-state index contributed by atoms with van der Waals surface area (Å²) in [5, 5.41) is 11.9. The number of alkyl halides is 1. The van der Waals surface area contributed by atoms with Gasteiger partial charge in [-0.3, -0.25) is 4.79 Å². The zero-order valence-electron chi connectivity index (χ0n) is 8.41. The standard InChI is InChI=1S/C10H12ClFN2O2/c11-4-6(15)5-14-8-3-1-2-7(12)9(8)10(13)16/h1-3,6,14-15H,4-5H2,(H2,13,16). The van der Waals surface area contributed by atoms with E-state index in [4.69, 9.17) is 17.3 Å². The van der Waals surface area contributed by atoms with Crippen LogP contribution in [0.15, 0.2) is 18.2 Å². The molecule has 4 nitrogen and oxygen atoms in total. The van der Waals surface area contributed by atoms with Gasteiger partial charge in [-0.05, 0) is 12.1 Å². The normalized spacial score (nSPS) is 12.2. The first-order valence-electron chi connectivity index (χ1n) is 4.62. The molecule has 1 unspecified atom stereocenters. The summed E-state index contributed by atoms with van der Waals surface area (Å²) in [6, 6.07) is 4.09. The fourth-order valence-electron chi connectivity index (χ4n) is 1.20. The summed E-state index contributed by atoms with van der Waals surface area (Å²) < 4.78 is 13.3. The summed E-state index contributed by atoms with van der Waals surface area (Å²) in [6.45, 7) is 0.118. The van der Waals surface area contributed by atoms with Gasteiger partial charge in [-0.1, -0.05) is 6.07 Å². The zero-order valence-corrected chi connectivity index (χ0v) is 9.17. The monoisotopic (exact) mass is 246 g/mol. The van der Waals surface area contributed by atoms with Crippen molar-refractivity contribution in [2.75, 3.05) is 17.7 Å². The van der Waals surface area contributed by atoms with Crippen molar-refractivity contribution in [2.24, 2.45) is 5.73 Å². The number of benzene rings is 1. The molecule has 0 aromatic heterocycles. The number of amides is 1. The highest BCUT2D eigenvalue weighted by atomic mass is 35.5. The highest BCUT2D eigenvalue weighted by molar-refractivity contribution is 6.18. The summed E-state index contributed by atoms with van der Waals surface area (Å²) in [4.78, 5) is 11.0. The first kappa shape index (κ1) is 12.7. The van der Waals surface area contributed by atoms with Crippen molar-refractivity contribution in [1.29, 1.82) is 0 Å². The van der Waals surface area contributed by atoms with Gasteiger partial charge in [0.25, 0.3) is 5.91 Å². The van der Waals surface area contributed by atoms with Gasteiger partial charge in [0.15, 0.2) is 0 Å². The van der Waals surface area contributed by atoms with Crippen LogP contribution in [0.25, 0.3) is 0 Å². The smallest absolute Gasteiger partial charge is 0.253 e. The van der Waals surface area contributed by atoms with E-state index in [-0.39, 0.29) is 23.7 Å². The van der Waals surface area contributed by atoms with Crippen LogP contribution >= 0.6 is 11.6 Å². The van der Waals surface area contributed by atoms with Gasteiger partial charge in [0.2, 0.25) is 0 Å². The molecule has 0 heterocycles. The summed E-state index contributed by atoms with van der Waals surface area (Å²) in [5.41, 5.74) is 5.08. The van der Waals surface area contributed by atoms with Crippen LogP contribution in [0.2, 0.25) is 0 Å². The van der Waals surface area contributed by atoms with Crippen LogP contribution in [0.1, 0.15) is 10.4 Å². The third-order valence-electron chi connectivity index (χ3n) is 1.97. The molecule has 4 N–H and O–H groups in total. The van der Waals surface area contributed by atoms with Crippen LogP contribution in [0.5, 0.6) is 0 Å². The number of hydrogen-bond acceptors (Lipinski definition) is 3. The average molecular weight is 247 g/mol. The van der Waals surface area contributed by atoms with Crippen molar-refractivity contribution >= 4 is 23.2 Å². The molecule has 0 radical (unpaired) electrons. The maximum atomic E-state index is 13.3. The fraction of sp³-hybridized carbons (Fsp3) is 0.300. The van der Waals surface area contributed by atoms with Crippen molar-refractivity contribution in [2.45, 2.75) is 6.10 Å². The van der Waals surface area contributed by atoms with Crippen molar-refractivity contribution < 1.29 is 14.3 Å². The van der Waals surface area contributed by atoms with E-state index in [2.05, 4.69) is 5.32 Å². The van der Waals surface area contributed by atoms with E-state index in [1.54, 1.807) is 0 Å². The van der Waals surface area contributed by atoms with Gasteiger partial charge in [0.05, 0.1) is 17.5 Å². The lowest BCUT2D eigenvalue weighted by Crippen LogP contribution is -2.23. The van der Waals surface area contributed by atoms with Crippen molar-refractivity contribution in [3.05, 3.63) is 29.6 Å². The first-order valence-corrected chi connectivity index (χ1v) is 5.16. The molecule has 1 aromatic rings. The molecule has 0 aliphatic carbocycles. The molecule has 0 bridgehead atoms. The largest absolute Gasteiger partial charge is 0.390 e. The predicted octanol–water partition coefficient (Wildman–Crippen LogP) is 0.936. The molecule has 0 fully saturated rings. The maximum absolute atomic E-state index is 13.3. The Bertz CT molecular complexity index is 387. The Hall–Kier alpha value is -1.33. The van der Waals surface area contributed by atoms with Gasteiger partial charge < -0.3 is 16.2 Å². The number of aliphatic hydroxyl groups excluding tert-OH is 1. The molecular formula is C10H12ClFN2O2. The Balaban J connectivity index is 2.87. The van der Waals surface area contributed by atoms with Crippen LogP contribution in [-0.2, 0) is 0 Å². The van der Waals surface area contributed by atoms with Crippen molar-refractivity contribution in [3.63, 3.8) is 0 Å². The summed E-state index contributed by atoms with van der Waals surface area (Å²) in [5.74, 6) is -1.51. The Morgan fingerprint density at radius 2 is 2.31 bits per heavy atom. The Labute approximate surface area is 97.2 Å². The van der Waals surface area contributed by atoms with E-state index in [0.717, 1.165) is 6.07 Å². The van der Waals surface area contributed by atoms with E-state index in [1.807, 2.05) is 0 Å². The van der Waals surface area contributed by atoms with E-state index in [1.165, 1.54) is 12.1 Å². The minimum Gasteiger partial charge on any atom is -0.390 e. The van der Waals surface area contributed by atoms with Crippen LogP contribution < -0.4 is 11.1 Å². The summed E-state index contributed by atoms with van der Waals surface area (Å²) in [7, 11) is 0. The SMILES string of the molecule is NC(=O)c1c(F)cccc1NCC(O)CCl. The average Bonchev–Trinajstić information content (AvgIpc) is 2.25. The van der Waals surface area contributed by atoms with Gasteiger partial charge in [-0.25, -0.2) is 4.39 Å². The van der Waals surface area contributed by atoms with E-state index in [9.17, 15) is 14.3 Å². The van der Waals surface area contributed by atoms with E-state index >= 15 is 0 Å². The van der Waals surface area contributed by atoms with Gasteiger partial charge >= 0.3 is 0 Å². The zero-order chi connectivity index (χ0) is 12.1. The third kappa shape index (κ3) is 3.08. The lowest BCUT2D eigenvalue weighted by Gasteiger charge is -2.12. The molecule has 0 aliphatic heterocycles. The van der Waals surface area contributed by atoms with Crippen molar-refractivity contribution in [1.82, 2.24) is 0 Å². The van der Waals surface area contributed by atoms with Gasteiger partial charge in [-0.15, -0.1) is 11.6 Å². The second-order valence-electron chi connectivity index (χ2n) is 3.22. The number of nitrogens with one attached hydrogen (secondary N) is 1. The highest BCUT2D eigenvalue weighted by Gasteiger charge is 2.14. The van der Waals surface area contributed by atoms with Crippen LogP contribution in [0, 0.1) is 5.82 Å². The molecule has 88 valence electrons. The molecule has 1 aromatic carbocycles. The second-order valence-corrected chi connectivity index (χ2v) is 3.52. The number of anilines is 1. The molecule has 1 amide bonds. The Morgan fingerprint density at radius 3 is 2.88 bits per heavy atom. The number of primary amides is 1. The quantitative estimate of drug-likeness (QED) is 0.677. The third-order valence-corrected chi connectivity index (χ3v) is 2.32. The molecule has 0 aliphatic rings. The minimum absolute atomic E-state index is 0.0498. The van der Waals surface area contributed by atoms with Crippen molar-refractivity contribution in [3.8, 4) is 0 Å². The lowest BCUT2D eigenvalue weighted by molar-refractivity contribution is 0.0997. The minimum atomic E-state index is -0.860. The number of carbonyl (C=O) groups is 1. The number of aliphatic hydroxyl groups is 1. The molecule has 0 saturated carbocycles. The maximum Gasteiger partial charge on any atom is 0.253 e. The fourth-order valence-corrected chi connectivity index (χ4v) is 1.31. The molecule has 0 spiro atoms. The second kappa shape index (κ2) is 5.67. The number of nitrogens with two attached hydrogens (primary N) is 1. The number of rotatable bonds is 5. The highest BCUT2D eigenvalue weighted by Crippen LogP contribution is 2.18. The lowest BCUT2D eigenvalue weighted by atomic mass is 10.1. The molecule has 1 rings (SSSR count). The number of carbonyl (C=O) groups excluding carboxylic acids is 1. The number of halogens is 2. The molecule has 1 atom stereocenters. The van der Waals surface area contributed by atoms with E-state index in [0.29, 0.717) is 0 Å². The van der Waals surface area contributed by atoms with E-state index < -0.39 is 17.8 Å². The molecule has 6 heteroatoms. The first-order chi connectivity index (χ1) is 7.56. The topological polar surface area (TPSA) is 75.4 Å². The van der Waals surface area contributed by atoms with Gasteiger partial charge in [-0.2, -0.15) is 0 Å². The van der Waals surface area contributed by atoms with Gasteiger partial charge in [0.1, 0.15) is 5.82 Å². The molecular weight excluding hydrogens is 235 g/mol. The molecule has 16 heavy (non-hydrogen) atoms. The van der Waals surface area contributed by atoms with Crippen LogP contribution in [0.4, 0.5) is 10.1 Å². The predicted molar refractivity (Wildman–Crippen MR) is 60.1 cm³/mol. The summed E-state index contributed by atoms with van der Waals surface area (Å²) >= 11 is 5.40. The van der Waals surface area contributed by atoms with Crippen LogP contribution in [0.3, 0.4) is 0 Å². The molecule has 0 saturated heterocycles. The Kier molecular flexibility index (Phi) is 4.52. The van der Waals surface area contributed by atoms with Crippen LogP contribution in [-0.4, -0.2) is 29.5 Å². The summed E-state index contributed by atoms with van der Waals surface area (Å²) in [6.07, 6.45) is -0.773. The van der Waals surface area contributed by atoms with Gasteiger partial charge in [0, 0.05) is 12.2 Å². The number of hydrogen-bond donors (Lipinski definition) is 3.